The summed E-state index contributed by atoms with van der Waals surface area (Å²) in [6.07, 6.45) is -4.08. The predicted octanol–water partition coefficient (Wildman–Crippen LogP) is 0.446. The molecule has 27 nitrogen and oxygen atoms in total. The third kappa shape index (κ3) is 13.6. The molecule has 2 amide bonds. The number of carbonyl (C=O) groups excluding carboxylic acids is 4. The van der Waals surface area contributed by atoms with Crippen LogP contribution in [0.4, 0.5) is 11.6 Å². The molecule has 29 heteroatoms. The van der Waals surface area contributed by atoms with Crippen LogP contribution in [0.1, 0.15) is 65.3 Å². The van der Waals surface area contributed by atoms with Gasteiger partial charge in [-0.2, -0.15) is 4.98 Å². The van der Waals surface area contributed by atoms with Crippen LogP contribution in [0.5, 0.6) is 0 Å². The Balaban J connectivity index is 1.48. The summed E-state index contributed by atoms with van der Waals surface area (Å²) in [6.45, 7) is 9.91. The Morgan fingerprint density at radius 3 is 2.20 bits per heavy atom. The maximum atomic E-state index is 14.1. The van der Waals surface area contributed by atoms with E-state index in [-0.39, 0.29) is 42.1 Å². The van der Waals surface area contributed by atoms with E-state index >= 15 is 0 Å². The van der Waals surface area contributed by atoms with Crippen molar-refractivity contribution in [2.24, 2.45) is 5.92 Å². The van der Waals surface area contributed by atoms with Gasteiger partial charge in [-0.3, -0.25) is 32.3 Å². The maximum Gasteiger partial charge on any atom is 0.472 e. The van der Waals surface area contributed by atoms with E-state index in [0.717, 1.165) is 10.9 Å². The first kappa shape index (κ1) is 51.5. The Morgan fingerprint density at radius 2 is 1.56 bits per heavy atom. The minimum Gasteiger partial charge on any atom is -0.454 e. The average Bonchev–Trinajstić information content (AvgIpc) is 3.94. The molecule has 362 valence electrons. The number of anilines is 2. The summed E-state index contributed by atoms with van der Waals surface area (Å²) in [4.78, 5) is 112. The number of esters is 2. The molecule has 10 atom stereocenters. The van der Waals surface area contributed by atoms with Crippen molar-refractivity contribution in [2.45, 2.75) is 108 Å². The van der Waals surface area contributed by atoms with Crippen molar-refractivity contribution in [1.82, 2.24) is 39.7 Å². The van der Waals surface area contributed by atoms with Gasteiger partial charge in [0.15, 0.2) is 29.9 Å². The number of phosphoric acid groups is 2. The number of nitrogens with zero attached hydrogens (tertiary/aromatic N) is 6. The molecule has 1 unspecified atom stereocenters. The number of phosphoric ester groups is 2. The van der Waals surface area contributed by atoms with Gasteiger partial charge in [0.2, 0.25) is 11.8 Å². The number of allylic oxidation sites excluding steroid dienone is 2. The van der Waals surface area contributed by atoms with E-state index in [0.29, 0.717) is 12.8 Å². The van der Waals surface area contributed by atoms with E-state index < -0.39 is 119 Å². The molecule has 2 fully saturated rings. The van der Waals surface area contributed by atoms with Gasteiger partial charge in [-0.15, -0.1) is 13.2 Å². The number of imidazole rings is 1. The highest BCUT2D eigenvalue weighted by Gasteiger charge is 2.53. The second-order valence-corrected chi connectivity index (χ2v) is 17.9. The SMILES string of the molecule is C=CCCC(=O)N[C@@H](C)C(=O)O[C@@H]1[C@H](O[13C](=O)[C@@H](NC(=O)CCC=C)C(C)C)[C@@H](COP(=O)(O)O[C@H]2C[C@H](n3ccc(N)nc3=O)O[C@@H]2COP(=O)(O)O)O[C@H]1n1cnc2c(N)ncnc21. The van der Waals surface area contributed by atoms with Gasteiger partial charge >= 0.3 is 33.3 Å². The number of aromatic nitrogens is 6. The van der Waals surface area contributed by atoms with E-state index in [2.05, 4.69) is 48.3 Å². The first-order valence-electron chi connectivity index (χ1n) is 20.3. The van der Waals surface area contributed by atoms with Gasteiger partial charge in [-0.05, 0) is 31.7 Å². The van der Waals surface area contributed by atoms with E-state index in [9.17, 15) is 47.8 Å². The number of nitrogens with two attached hydrogens (primary N) is 2. The smallest absolute Gasteiger partial charge is 0.454 e. The van der Waals surface area contributed by atoms with Gasteiger partial charge in [0.1, 0.15) is 54.3 Å². The molecule has 0 bridgehead atoms. The zero-order valence-corrected chi connectivity index (χ0v) is 37.7. The molecule has 2 aliphatic rings. The number of nitrogen functional groups attached to an aromatic ring is 2. The Morgan fingerprint density at radius 1 is 0.909 bits per heavy atom. The van der Waals surface area contributed by atoms with Gasteiger partial charge in [0, 0.05) is 25.5 Å². The van der Waals surface area contributed by atoms with Crippen LogP contribution in [-0.4, -0.2) is 123 Å². The molecule has 66 heavy (non-hydrogen) atoms. The molecule has 9 N–H and O–H groups in total. The first-order chi connectivity index (χ1) is 31.1. The summed E-state index contributed by atoms with van der Waals surface area (Å²) in [6, 6.07) is -1.31. The molecule has 3 aromatic heterocycles. The summed E-state index contributed by atoms with van der Waals surface area (Å²) >= 11 is 0. The van der Waals surface area contributed by atoms with Gasteiger partial charge in [-0.25, -0.2) is 38.5 Å². The number of fused-ring (bicyclic) bond motifs is 1. The van der Waals surface area contributed by atoms with Gasteiger partial charge < -0.3 is 55.7 Å². The second-order valence-electron chi connectivity index (χ2n) is 15.3. The summed E-state index contributed by atoms with van der Waals surface area (Å²) in [5.41, 5.74) is 10.9. The molecule has 0 aliphatic carbocycles. The minimum atomic E-state index is -5.33. The topological polar surface area (TPSA) is 382 Å². The maximum absolute atomic E-state index is 14.1. The van der Waals surface area contributed by atoms with Crippen molar-refractivity contribution < 1.29 is 75.5 Å². The van der Waals surface area contributed by atoms with Crippen LogP contribution < -0.4 is 27.8 Å². The lowest BCUT2D eigenvalue weighted by molar-refractivity contribution is -0.172. The summed E-state index contributed by atoms with van der Waals surface area (Å²) < 4.78 is 67.0. The average molecular weight is 972 g/mol. The fourth-order valence-electron chi connectivity index (χ4n) is 6.73. The Hall–Kier alpha value is -5.47. The van der Waals surface area contributed by atoms with Crippen molar-refractivity contribution in [1.29, 1.82) is 0 Å². The van der Waals surface area contributed by atoms with E-state index in [1.165, 1.54) is 42.2 Å². The number of amides is 2. The Bertz CT molecular complexity index is 2410. The lowest BCUT2D eigenvalue weighted by Gasteiger charge is -2.29. The standard InChI is InChI=1S/C37H52N10O17P2/c1-6-8-10-25(48)43-20(5)35(50)63-31-30(62-36(51)28(19(3)4)45-26(49)11-9-7-2)23(61-34(31)47-18-42-29-32(39)40-17-41-33(29)47)16-59-66(56,57)64-21-14-27(46-13-12-24(38)44-37(46)52)60-22(21)15-58-65(53,54)55/h6-7,12-13,17-23,27-28,30-31,34H,1-2,8-11,14-16H2,3-5H3,(H,43,48)(H,45,49)(H,56,57)(H2,38,44,52)(H2,39,40,41)(H2,53,54,55)/t20-,21-,22+,23+,27+,28-,30+,31+,34+/m0/s1/i36+1. The van der Waals surface area contributed by atoms with Crippen LogP contribution in [0, 0.1) is 5.92 Å². The van der Waals surface area contributed by atoms with Crippen LogP contribution in [0.25, 0.3) is 11.2 Å². The third-order valence-electron chi connectivity index (χ3n) is 9.99. The molecule has 0 spiro atoms. The minimum absolute atomic E-state index is 0.00132. The highest BCUT2D eigenvalue weighted by molar-refractivity contribution is 7.47. The zero-order valence-electron chi connectivity index (χ0n) is 35.9. The van der Waals surface area contributed by atoms with Crippen LogP contribution in [-0.2, 0) is 60.8 Å². The van der Waals surface area contributed by atoms with E-state index in [1.807, 2.05) is 0 Å². The van der Waals surface area contributed by atoms with Gasteiger partial charge in [0.25, 0.3) is 0 Å². The highest BCUT2D eigenvalue weighted by Crippen LogP contribution is 2.50. The molecule has 0 aromatic carbocycles. The van der Waals surface area contributed by atoms with Crippen molar-refractivity contribution >= 4 is 62.2 Å². The molecule has 2 aliphatic heterocycles. The number of hydrogen-bond donors (Lipinski definition) is 7. The summed E-state index contributed by atoms with van der Waals surface area (Å²) in [5, 5.41) is 5.12. The second kappa shape index (κ2) is 22.3. The van der Waals surface area contributed by atoms with Crippen LogP contribution in [0.15, 0.2) is 55.0 Å². The molecular formula is C37H52N10O17P2. The Kier molecular flexibility index (Phi) is 17.4. The quantitative estimate of drug-likeness (QED) is 0.0293. The number of carbonyl (C=O) groups is 4. The highest BCUT2D eigenvalue weighted by atomic mass is 31.2. The largest absolute Gasteiger partial charge is 0.472 e. The molecular weight excluding hydrogens is 919 g/mol. The van der Waals surface area contributed by atoms with Crippen LogP contribution in [0.2, 0.25) is 0 Å². The van der Waals surface area contributed by atoms with Crippen molar-refractivity contribution in [3.05, 3.63) is 60.7 Å². The van der Waals surface area contributed by atoms with Crippen molar-refractivity contribution in [3.63, 3.8) is 0 Å². The van der Waals surface area contributed by atoms with Crippen molar-refractivity contribution in [3.8, 4) is 0 Å². The van der Waals surface area contributed by atoms with E-state index in [4.69, 9.17) is 39.5 Å². The molecule has 0 saturated carbocycles. The lowest BCUT2D eigenvalue weighted by Crippen LogP contribution is -2.50. The third-order valence-corrected chi connectivity index (χ3v) is 11.5. The zero-order chi connectivity index (χ0) is 48.5. The number of hydrogen-bond acceptors (Lipinski definition) is 20. The van der Waals surface area contributed by atoms with Gasteiger partial charge in [0.05, 0.1) is 19.5 Å². The number of ether oxygens (including phenoxy) is 4. The fraction of sp³-hybridized carbons (Fsp3) is 0.541. The lowest BCUT2D eigenvalue weighted by atomic mass is 10.1. The first-order valence-corrected chi connectivity index (χ1v) is 23.3. The fourth-order valence-corrected chi connectivity index (χ4v) is 8.03. The molecule has 3 aromatic rings. The Labute approximate surface area is 376 Å². The predicted molar refractivity (Wildman–Crippen MR) is 227 cm³/mol. The molecule has 5 rings (SSSR count). The number of nitrogens with one attached hydrogen (secondary N) is 2. The van der Waals surface area contributed by atoms with Crippen LogP contribution >= 0.6 is 15.6 Å². The van der Waals surface area contributed by atoms with Crippen molar-refractivity contribution in [2.75, 3.05) is 24.7 Å². The normalized spacial score (nSPS) is 23.7. The molecule has 5 heterocycles. The molecule has 0 radical (unpaired) electrons. The summed E-state index contributed by atoms with van der Waals surface area (Å²) in [7, 11) is -10.4. The number of rotatable bonds is 23. The van der Waals surface area contributed by atoms with Gasteiger partial charge in [-0.1, -0.05) is 26.0 Å². The summed E-state index contributed by atoms with van der Waals surface area (Å²) in [5.74, 6) is -3.86. The van der Waals surface area contributed by atoms with Crippen LogP contribution in [0.3, 0.4) is 0 Å². The van der Waals surface area contributed by atoms with E-state index in [1.54, 1.807) is 13.8 Å². The monoisotopic (exact) mass is 971 g/mol. The molecule has 2 saturated heterocycles.